The van der Waals surface area contributed by atoms with E-state index in [-0.39, 0.29) is 0 Å². The quantitative estimate of drug-likeness (QED) is 0.552. The lowest BCUT2D eigenvalue weighted by atomic mass is 10.1. The van der Waals surface area contributed by atoms with E-state index in [9.17, 15) is 5.11 Å². The third kappa shape index (κ3) is 2.60. The van der Waals surface area contributed by atoms with E-state index in [1.54, 1.807) is 24.0 Å². The lowest BCUT2D eigenvalue weighted by Gasteiger charge is -2.08. The largest absolute Gasteiger partial charge is 0.507 e. The Hall–Kier alpha value is -1.71. The molecular formula is C16H12ClNOS. The molecule has 0 aliphatic carbocycles. The maximum absolute atomic E-state index is 9.88. The van der Waals surface area contributed by atoms with E-state index in [0.717, 1.165) is 27.0 Å². The van der Waals surface area contributed by atoms with E-state index < -0.39 is 0 Å². The summed E-state index contributed by atoms with van der Waals surface area (Å²) in [6.07, 6.45) is 1.69. The topological polar surface area (TPSA) is 33.1 Å². The maximum atomic E-state index is 9.88. The van der Waals surface area contributed by atoms with Crippen LogP contribution in [0.3, 0.4) is 0 Å². The summed E-state index contributed by atoms with van der Waals surface area (Å²) >= 11 is 7.76. The van der Waals surface area contributed by atoms with Gasteiger partial charge in [0.2, 0.25) is 0 Å². The van der Waals surface area contributed by atoms with Crippen molar-refractivity contribution >= 4 is 34.1 Å². The summed E-state index contributed by atoms with van der Waals surface area (Å²) in [6, 6.07) is 15.4. The molecule has 1 aromatic heterocycles. The standard InChI is InChI=1S/C16H12ClNOS/c17-16-11(4-3-9-18-16)10-20-15-8-7-14(19)12-5-1-2-6-13(12)15/h1-9,19H,10H2. The number of halogens is 1. The van der Waals surface area contributed by atoms with Crippen LogP contribution in [0.4, 0.5) is 0 Å². The first-order valence-corrected chi connectivity index (χ1v) is 7.55. The molecule has 3 rings (SSSR count). The molecule has 4 heteroatoms. The number of phenols is 1. The Morgan fingerprint density at radius 2 is 1.80 bits per heavy atom. The molecule has 0 radical (unpaired) electrons. The summed E-state index contributed by atoms with van der Waals surface area (Å²) < 4.78 is 0. The van der Waals surface area contributed by atoms with Crippen molar-refractivity contribution in [3.63, 3.8) is 0 Å². The highest BCUT2D eigenvalue weighted by atomic mass is 35.5. The van der Waals surface area contributed by atoms with Crippen LogP contribution in [0.25, 0.3) is 10.8 Å². The summed E-state index contributed by atoms with van der Waals surface area (Å²) in [7, 11) is 0. The van der Waals surface area contributed by atoms with Gasteiger partial charge in [0.1, 0.15) is 10.9 Å². The smallest absolute Gasteiger partial charge is 0.133 e. The summed E-state index contributed by atoms with van der Waals surface area (Å²) in [4.78, 5) is 5.20. The molecule has 0 aliphatic rings. The Balaban J connectivity index is 1.92. The van der Waals surface area contributed by atoms with E-state index in [4.69, 9.17) is 11.6 Å². The number of hydrogen-bond donors (Lipinski definition) is 1. The molecule has 0 spiro atoms. The molecule has 2 nitrogen and oxygen atoms in total. The summed E-state index contributed by atoms with van der Waals surface area (Å²) in [5.41, 5.74) is 1.01. The maximum Gasteiger partial charge on any atom is 0.133 e. The lowest BCUT2D eigenvalue weighted by Crippen LogP contribution is -1.86. The van der Waals surface area contributed by atoms with Gasteiger partial charge in [-0.25, -0.2) is 4.98 Å². The molecule has 0 saturated heterocycles. The molecule has 0 unspecified atom stereocenters. The van der Waals surface area contributed by atoms with Gasteiger partial charge in [0, 0.05) is 22.2 Å². The second-order valence-corrected chi connectivity index (χ2v) is 5.75. The molecule has 20 heavy (non-hydrogen) atoms. The molecule has 100 valence electrons. The van der Waals surface area contributed by atoms with Crippen LogP contribution in [0.2, 0.25) is 5.15 Å². The minimum atomic E-state index is 0.310. The van der Waals surface area contributed by atoms with Crippen molar-refractivity contribution < 1.29 is 5.11 Å². The van der Waals surface area contributed by atoms with E-state index in [1.165, 1.54) is 0 Å². The minimum absolute atomic E-state index is 0.310. The van der Waals surface area contributed by atoms with Gasteiger partial charge in [0.25, 0.3) is 0 Å². The molecule has 0 aliphatic heterocycles. The van der Waals surface area contributed by atoms with Crippen molar-refractivity contribution in [3.8, 4) is 5.75 Å². The zero-order chi connectivity index (χ0) is 13.9. The number of nitrogens with zero attached hydrogens (tertiary/aromatic N) is 1. The second-order valence-electron chi connectivity index (χ2n) is 4.37. The first kappa shape index (κ1) is 13.3. The van der Waals surface area contributed by atoms with Crippen molar-refractivity contribution in [2.75, 3.05) is 0 Å². The Labute approximate surface area is 126 Å². The van der Waals surface area contributed by atoms with Crippen LogP contribution in [0, 0.1) is 0 Å². The van der Waals surface area contributed by atoms with Gasteiger partial charge in [0.15, 0.2) is 0 Å². The van der Waals surface area contributed by atoms with Crippen molar-refractivity contribution in [1.29, 1.82) is 0 Å². The molecule has 0 amide bonds. The monoisotopic (exact) mass is 301 g/mol. The molecule has 1 N–H and O–H groups in total. The van der Waals surface area contributed by atoms with Crippen LogP contribution < -0.4 is 0 Å². The number of pyridine rings is 1. The average molecular weight is 302 g/mol. The van der Waals surface area contributed by atoms with Crippen LogP contribution in [0.15, 0.2) is 59.6 Å². The Morgan fingerprint density at radius 1 is 1.00 bits per heavy atom. The number of aromatic nitrogens is 1. The van der Waals surface area contributed by atoms with Crippen molar-refractivity contribution in [2.45, 2.75) is 10.6 Å². The third-order valence-electron chi connectivity index (χ3n) is 3.08. The van der Waals surface area contributed by atoms with Crippen LogP contribution in [-0.2, 0) is 5.75 Å². The van der Waals surface area contributed by atoms with Crippen LogP contribution in [0.1, 0.15) is 5.56 Å². The number of hydrogen-bond acceptors (Lipinski definition) is 3. The number of benzene rings is 2. The van der Waals surface area contributed by atoms with Crippen molar-refractivity contribution in [1.82, 2.24) is 4.98 Å². The second kappa shape index (κ2) is 5.73. The lowest BCUT2D eigenvalue weighted by molar-refractivity contribution is 0.481. The zero-order valence-electron chi connectivity index (χ0n) is 10.6. The molecule has 0 saturated carbocycles. The Kier molecular flexibility index (Phi) is 3.81. The average Bonchev–Trinajstić information content (AvgIpc) is 2.48. The highest BCUT2D eigenvalue weighted by Gasteiger charge is 2.07. The highest BCUT2D eigenvalue weighted by molar-refractivity contribution is 7.98. The summed E-state index contributed by atoms with van der Waals surface area (Å²) in [5, 5.41) is 12.4. The van der Waals surface area contributed by atoms with Gasteiger partial charge in [0.05, 0.1) is 0 Å². The Bertz CT molecular complexity index is 760. The summed E-state index contributed by atoms with van der Waals surface area (Å²) in [6.45, 7) is 0. The van der Waals surface area contributed by atoms with Crippen molar-refractivity contribution in [3.05, 3.63) is 65.4 Å². The number of aromatic hydroxyl groups is 1. The predicted octanol–water partition coefficient (Wildman–Crippen LogP) is 4.89. The number of fused-ring (bicyclic) bond motifs is 1. The first-order valence-electron chi connectivity index (χ1n) is 6.18. The molecule has 0 atom stereocenters. The van der Waals surface area contributed by atoms with Gasteiger partial charge >= 0.3 is 0 Å². The van der Waals surface area contributed by atoms with E-state index in [0.29, 0.717) is 10.9 Å². The predicted molar refractivity (Wildman–Crippen MR) is 84.4 cm³/mol. The van der Waals surface area contributed by atoms with Gasteiger partial charge < -0.3 is 5.11 Å². The molecule has 0 fully saturated rings. The number of phenolic OH excluding ortho intramolecular Hbond substituents is 1. The molecule has 2 aromatic carbocycles. The SMILES string of the molecule is Oc1ccc(SCc2cccnc2Cl)c2ccccc12. The minimum Gasteiger partial charge on any atom is -0.507 e. The first-order chi connectivity index (χ1) is 9.75. The highest BCUT2D eigenvalue weighted by Crippen LogP contribution is 2.35. The zero-order valence-corrected chi connectivity index (χ0v) is 12.2. The van der Waals surface area contributed by atoms with E-state index >= 15 is 0 Å². The van der Waals surface area contributed by atoms with Gasteiger partial charge in [-0.1, -0.05) is 41.9 Å². The van der Waals surface area contributed by atoms with Gasteiger partial charge in [-0.3, -0.25) is 0 Å². The molecule has 1 heterocycles. The molecule has 0 bridgehead atoms. The Morgan fingerprint density at radius 3 is 2.60 bits per heavy atom. The van der Waals surface area contributed by atoms with Gasteiger partial charge in [-0.2, -0.15) is 0 Å². The van der Waals surface area contributed by atoms with Gasteiger partial charge in [-0.15, -0.1) is 11.8 Å². The van der Waals surface area contributed by atoms with Crippen molar-refractivity contribution in [2.24, 2.45) is 0 Å². The molecular weight excluding hydrogens is 290 g/mol. The molecule has 3 aromatic rings. The van der Waals surface area contributed by atoms with E-state index in [2.05, 4.69) is 4.98 Å². The fourth-order valence-electron chi connectivity index (χ4n) is 2.06. The van der Waals surface area contributed by atoms with Crippen LogP contribution in [-0.4, -0.2) is 10.1 Å². The number of rotatable bonds is 3. The van der Waals surface area contributed by atoms with E-state index in [1.807, 2.05) is 42.5 Å². The third-order valence-corrected chi connectivity index (χ3v) is 4.54. The van der Waals surface area contributed by atoms with Crippen LogP contribution >= 0.6 is 23.4 Å². The normalized spacial score (nSPS) is 10.8. The van der Waals surface area contributed by atoms with Gasteiger partial charge in [-0.05, 0) is 29.1 Å². The summed E-state index contributed by atoms with van der Waals surface area (Å²) in [5.74, 6) is 1.06. The van der Waals surface area contributed by atoms with Crippen LogP contribution in [0.5, 0.6) is 5.75 Å². The fraction of sp³-hybridized carbons (Fsp3) is 0.0625. The fourth-order valence-corrected chi connectivity index (χ4v) is 3.37. The number of thioether (sulfide) groups is 1.